The van der Waals surface area contributed by atoms with Gasteiger partial charge in [0.05, 0.1) is 6.54 Å². The van der Waals surface area contributed by atoms with Crippen molar-refractivity contribution in [1.29, 1.82) is 0 Å². The van der Waals surface area contributed by atoms with E-state index in [-0.39, 0.29) is 30.1 Å². The number of hydrogen-bond donors (Lipinski definition) is 1. The summed E-state index contributed by atoms with van der Waals surface area (Å²) in [6.45, 7) is 1.99. The average Bonchev–Trinajstić information content (AvgIpc) is 2.96. The monoisotopic (exact) mass is 318 g/mol. The summed E-state index contributed by atoms with van der Waals surface area (Å²) in [5, 5.41) is 7.19. The fourth-order valence-electron chi connectivity index (χ4n) is 3.39. The van der Waals surface area contributed by atoms with Gasteiger partial charge in [-0.25, -0.2) is 0 Å². The Bertz CT molecular complexity index is 648. The Morgan fingerprint density at radius 3 is 2.74 bits per heavy atom. The van der Waals surface area contributed by atoms with Gasteiger partial charge in [-0.05, 0) is 25.8 Å². The molecule has 1 aromatic heterocycles. The van der Waals surface area contributed by atoms with E-state index in [0.29, 0.717) is 12.0 Å². The standard InChI is InChI=1S/C16H22N4O3/c1-16(15(23)17-11-6-4-3-5-7-11)10-20-13(14(22)19(16)2)8-12(9-21)18-20/h8-9,11H,3-7,10H2,1-2H3,(H,17,23). The van der Waals surface area contributed by atoms with Crippen LogP contribution in [0.1, 0.15) is 60.0 Å². The van der Waals surface area contributed by atoms with Gasteiger partial charge in [0.2, 0.25) is 5.91 Å². The van der Waals surface area contributed by atoms with Gasteiger partial charge in [-0.2, -0.15) is 5.10 Å². The highest BCUT2D eigenvalue weighted by atomic mass is 16.2. The number of nitrogens with zero attached hydrogens (tertiary/aromatic N) is 3. The molecular weight excluding hydrogens is 296 g/mol. The van der Waals surface area contributed by atoms with Crippen LogP contribution in [0.3, 0.4) is 0 Å². The lowest BCUT2D eigenvalue weighted by molar-refractivity contribution is -0.133. The van der Waals surface area contributed by atoms with Crippen LogP contribution in [0.15, 0.2) is 6.07 Å². The van der Waals surface area contributed by atoms with Gasteiger partial charge in [-0.15, -0.1) is 0 Å². The van der Waals surface area contributed by atoms with Gasteiger partial charge in [0.1, 0.15) is 16.9 Å². The quantitative estimate of drug-likeness (QED) is 0.842. The second kappa shape index (κ2) is 5.79. The lowest BCUT2D eigenvalue weighted by Crippen LogP contribution is -2.63. The fourth-order valence-corrected chi connectivity index (χ4v) is 3.39. The molecule has 2 amide bonds. The maximum atomic E-state index is 12.8. The van der Waals surface area contributed by atoms with Crippen LogP contribution >= 0.6 is 0 Å². The minimum absolute atomic E-state index is 0.158. The third kappa shape index (κ3) is 2.64. The number of nitrogens with one attached hydrogen (secondary N) is 1. The highest BCUT2D eigenvalue weighted by molar-refractivity contribution is 6.00. The van der Waals surface area contributed by atoms with Crippen molar-refractivity contribution in [2.45, 2.75) is 57.2 Å². The van der Waals surface area contributed by atoms with Crippen molar-refractivity contribution in [2.75, 3.05) is 7.05 Å². The van der Waals surface area contributed by atoms with Crippen LogP contribution < -0.4 is 5.32 Å². The van der Waals surface area contributed by atoms with E-state index in [4.69, 9.17) is 0 Å². The largest absolute Gasteiger partial charge is 0.351 e. The lowest BCUT2D eigenvalue weighted by atomic mass is 9.92. The van der Waals surface area contributed by atoms with Gasteiger partial charge in [-0.1, -0.05) is 19.3 Å². The number of aromatic nitrogens is 2. The van der Waals surface area contributed by atoms with Crippen LogP contribution in [0.25, 0.3) is 0 Å². The molecule has 23 heavy (non-hydrogen) atoms. The van der Waals surface area contributed by atoms with Gasteiger partial charge < -0.3 is 10.2 Å². The van der Waals surface area contributed by atoms with Crippen molar-refractivity contribution in [2.24, 2.45) is 0 Å². The second-order valence-electron chi connectivity index (χ2n) is 6.68. The maximum Gasteiger partial charge on any atom is 0.272 e. The summed E-state index contributed by atoms with van der Waals surface area (Å²) in [5.74, 6) is -0.452. The number of carbonyl (C=O) groups is 3. The molecule has 1 unspecified atom stereocenters. The highest BCUT2D eigenvalue weighted by Gasteiger charge is 2.46. The molecule has 0 spiro atoms. The Kier molecular flexibility index (Phi) is 3.95. The normalized spacial score (nSPS) is 25.1. The molecule has 2 aliphatic rings. The van der Waals surface area contributed by atoms with Crippen LogP contribution in [-0.2, 0) is 11.3 Å². The molecule has 1 aliphatic carbocycles. The first-order valence-electron chi connectivity index (χ1n) is 8.08. The first kappa shape index (κ1) is 15.7. The molecule has 0 saturated heterocycles. The topological polar surface area (TPSA) is 84.3 Å². The van der Waals surface area contributed by atoms with E-state index >= 15 is 0 Å². The molecule has 1 aromatic rings. The molecule has 1 fully saturated rings. The van der Waals surface area contributed by atoms with E-state index < -0.39 is 5.54 Å². The molecule has 7 nitrogen and oxygen atoms in total. The van der Waals surface area contributed by atoms with E-state index in [2.05, 4.69) is 10.4 Å². The Hall–Kier alpha value is -2.18. The summed E-state index contributed by atoms with van der Waals surface area (Å²) < 4.78 is 1.46. The van der Waals surface area contributed by atoms with Gasteiger partial charge >= 0.3 is 0 Å². The molecule has 2 heterocycles. The summed E-state index contributed by atoms with van der Waals surface area (Å²) in [6, 6.07) is 1.64. The van der Waals surface area contributed by atoms with Crippen LogP contribution in [0.4, 0.5) is 0 Å². The van der Waals surface area contributed by atoms with Crippen molar-refractivity contribution < 1.29 is 14.4 Å². The Morgan fingerprint density at radius 1 is 1.39 bits per heavy atom. The van der Waals surface area contributed by atoms with E-state index in [1.54, 1.807) is 14.0 Å². The van der Waals surface area contributed by atoms with Crippen molar-refractivity contribution in [3.8, 4) is 0 Å². The van der Waals surface area contributed by atoms with Crippen molar-refractivity contribution in [3.63, 3.8) is 0 Å². The number of likely N-dealkylation sites (N-methyl/N-ethyl adjacent to an activating group) is 1. The minimum atomic E-state index is -1.01. The first-order chi connectivity index (χ1) is 11.0. The minimum Gasteiger partial charge on any atom is -0.351 e. The summed E-state index contributed by atoms with van der Waals surface area (Å²) in [5.41, 5.74) is -0.454. The van der Waals surface area contributed by atoms with Gasteiger partial charge in [0.25, 0.3) is 5.91 Å². The molecule has 124 valence electrons. The molecule has 0 bridgehead atoms. The zero-order valence-electron chi connectivity index (χ0n) is 13.5. The molecular formula is C16H22N4O3. The molecule has 1 N–H and O–H groups in total. The van der Waals surface area contributed by atoms with E-state index in [1.165, 1.54) is 22.1 Å². The van der Waals surface area contributed by atoms with Crippen LogP contribution in [0, 0.1) is 0 Å². The summed E-state index contributed by atoms with van der Waals surface area (Å²) in [4.78, 5) is 37.7. The Balaban J connectivity index is 1.83. The summed E-state index contributed by atoms with van der Waals surface area (Å²) in [7, 11) is 1.62. The molecule has 1 aliphatic heterocycles. The van der Waals surface area contributed by atoms with Crippen molar-refractivity contribution in [1.82, 2.24) is 20.0 Å². The van der Waals surface area contributed by atoms with Crippen LogP contribution in [0.2, 0.25) is 0 Å². The smallest absolute Gasteiger partial charge is 0.272 e. The molecule has 0 aromatic carbocycles. The number of fused-ring (bicyclic) bond motifs is 1. The Labute approximate surface area is 135 Å². The van der Waals surface area contributed by atoms with Crippen LogP contribution in [-0.4, -0.2) is 51.4 Å². The molecule has 0 radical (unpaired) electrons. The fraction of sp³-hybridized carbons (Fsp3) is 0.625. The number of amides is 2. The zero-order valence-corrected chi connectivity index (χ0v) is 13.5. The number of hydrogen-bond acceptors (Lipinski definition) is 4. The predicted molar refractivity (Wildman–Crippen MR) is 83.1 cm³/mol. The Morgan fingerprint density at radius 2 is 2.09 bits per heavy atom. The zero-order chi connectivity index (χ0) is 16.6. The van der Waals surface area contributed by atoms with Crippen LogP contribution in [0.5, 0.6) is 0 Å². The summed E-state index contributed by atoms with van der Waals surface area (Å²) in [6.07, 6.45) is 6.06. The lowest BCUT2D eigenvalue weighted by Gasteiger charge is -2.41. The van der Waals surface area contributed by atoms with E-state index in [1.807, 2.05) is 0 Å². The van der Waals surface area contributed by atoms with Crippen molar-refractivity contribution in [3.05, 3.63) is 17.5 Å². The van der Waals surface area contributed by atoms with Gasteiger partial charge in [0.15, 0.2) is 6.29 Å². The average molecular weight is 318 g/mol. The first-order valence-corrected chi connectivity index (χ1v) is 8.08. The SMILES string of the molecule is CN1C(=O)c2cc(C=O)nn2CC1(C)C(=O)NC1CCCCC1. The second-order valence-corrected chi connectivity index (χ2v) is 6.68. The number of rotatable bonds is 3. The molecule has 1 atom stereocenters. The highest BCUT2D eigenvalue weighted by Crippen LogP contribution is 2.27. The van der Waals surface area contributed by atoms with Gasteiger partial charge in [0, 0.05) is 13.1 Å². The third-order valence-electron chi connectivity index (χ3n) is 5.07. The summed E-state index contributed by atoms with van der Waals surface area (Å²) >= 11 is 0. The predicted octanol–water partition coefficient (Wildman–Crippen LogP) is 0.989. The number of carbonyl (C=O) groups excluding carboxylic acids is 3. The maximum absolute atomic E-state index is 12.8. The molecule has 1 saturated carbocycles. The number of aldehydes is 1. The van der Waals surface area contributed by atoms with E-state index in [9.17, 15) is 14.4 Å². The molecule has 3 rings (SSSR count). The van der Waals surface area contributed by atoms with Gasteiger partial charge in [-0.3, -0.25) is 19.1 Å². The van der Waals surface area contributed by atoms with Crippen molar-refractivity contribution >= 4 is 18.1 Å². The molecule has 7 heteroatoms. The third-order valence-corrected chi connectivity index (χ3v) is 5.07. The van der Waals surface area contributed by atoms with E-state index in [0.717, 1.165) is 25.7 Å².